The Bertz CT molecular complexity index is 882. The van der Waals surface area contributed by atoms with E-state index in [2.05, 4.69) is 57.2 Å². The van der Waals surface area contributed by atoms with E-state index >= 15 is 0 Å². The molecule has 7 nitrogen and oxygen atoms in total. The van der Waals surface area contributed by atoms with Gasteiger partial charge in [0, 0.05) is 38.2 Å². The van der Waals surface area contributed by atoms with E-state index < -0.39 is 0 Å². The molecule has 2 heterocycles. The Morgan fingerprint density at radius 3 is 2.48 bits per heavy atom. The van der Waals surface area contributed by atoms with Gasteiger partial charge in [0.25, 0.3) is 0 Å². The molecule has 0 atom stereocenters. The SMILES string of the molecule is CCNC(=NCc1ccccc1Cn1cccn1)NCCCCNc1ccccn1.I. The molecule has 3 rings (SSSR count). The van der Waals surface area contributed by atoms with Crippen LogP contribution < -0.4 is 16.0 Å². The maximum Gasteiger partial charge on any atom is 0.191 e. The molecule has 0 amide bonds. The van der Waals surface area contributed by atoms with Crippen molar-refractivity contribution in [2.24, 2.45) is 4.99 Å². The van der Waals surface area contributed by atoms with Crippen LogP contribution in [0.15, 0.2) is 72.1 Å². The van der Waals surface area contributed by atoms with E-state index in [1.807, 2.05) is 35.1 Å². The maximum absolute atomic E-state index is 4.78. The van der Waals surface area contributed by atoms with Gasteiger partial charge in [-0.05, 0) is 49.1 Å². The lowest BCUT2D eigenvalue weighted by molar-refractivity contribution is 0.680. The fraction of sp³-hybridized carbons (Fsp3) is 0.348. The monoisotopic (exact) mass is 533 g/mol. The number of rotatable bonds is 11. The molecule has 166 valence electrons. The molecule has 0 bridgehead atoms. The van der Waals surface area contributed by atoms with Crippen LogP contribution in [0.4, 0.5) is 5.82 Å². The van der Waals surface area contributed by atoms with Crippen molar-refractivity contribution in [1.29, 1.82) is 0 Å². The van der Waals surface area contributed by atoms with Gasteiger partial charge in [0.15, 0.2) is 5.96 Å². The van der Waals surface area contributed by atoms with Crippen molar-refractivity contribution in [1.82, 2.24) is 25.4 Å². The lowest BCUT2D eigenvalue weighted by Gasteiger charge is -2.13. The molecule has 0 fully saturated rings. The number of pyridine rings is 1. The molecule has 0 unspecified atom stereocenters. The predicted octanol–water partition coefficient (Wildman–Crippen LogP) is 3.89. The van der Waals surface area contributed by atoms with Gasteiger partial charge >= 0.3 is 0 Å². The zero-order valence-electron chi connectivity index (χ0n) is 18.0. The third-order valence-electron chi connectivity index (χ3n) is 4.63. The molecule has 0 saturated carbocycles. The Labute approximate surface area is 201 Å². The average molecular weight is 533 g/mol. The number of nitrogens with zero attached hydrogens (tertiary/aromatic N) is 4. The number of halogens is 1. The second kappa shape index (κ2) is 14.4. The van der Waals surface area contributed by atoms with Crippen molar-refractivity contribution in [3.8, 4) is 0 Å². The topological polar surface area (TPSA) is 79.2 Å². The normalized spacial score (nSPS) is 10.9. The number of nitrogens with one attached hydrogen (secondary N) is 3. The molecule has 0 saturated heterocycles. The van der Waals surface area contributed by atoms with Gasteiger partial charge in [0.1, 0.15) is 5.82 Å². The lowest BCUT2D eigenvalue weighted by Crippen LogP contribution is -2.37. The van der Waals surface area contributed by atoms with Crippen LogP contribution >= 0.6 is 24.0 Å². The highest BCUT2D eigenvalue weighted by atomic mass is 127. The largest absolute Gasteiger partial charge is 0.370 e. The molecule has 0 aliphatic rings. The number of anilines is 1. The van der Waals surface area contributed by atoms with Crippen LogP contribution in [0.1, 0.15) is 30.9 Å². The summed E-state index contributed by atoms with van der Waals surface area (Å²) in [6, 6.07) is 16.2. The Balaban J connectivity index is 0.00000341. The Kier molecular flexibility index (Phi) is 11.4. The highest BCUT2D eigenvalue weighted by Crippen LogP contribution is 2.11. The number of hydrogen-bond acceptors (Lipinski definition) is 4. The van der Waals surface area contributed by atoms with Gasteiger partial charge in [-0.1, -0.05) is 30.3 Å². The van der Waals surface area contributed by atoms with Crippen LogP contribution in [0.2, 0.25) is 0 Å². The first-order chi connectivity index (χ1) is 14.8. The average Bonchev–Trinajstić information content (AvgIpc) is 3.29. The fourth-order valence-corrected chi connectivity index (χ4v) is 3.08. The van der Waals surface area contributed by atoms with Crippen LogP contribution in [-0.2, 0) is 13.1 Å². The summed E-state index contributed by atoms with van der Waals surface area (Å²) in [5, 5.41) is 14.4. The number of hydrogen-bond donors (Lipinski definition) is 3. The van der Waals surface area contributed by atoms with Crippen LogP contribution in [0.3, 0.4) is 0 Å². The smallest absolute Gasteiger partial charge is 0.191 e. The quantitative estimate of drug-likeness (QED) is 0.151. The zero-order valence-corrected chi connectivity index (χ0v) is 20.3. The minimum absolute atomic E-state index is 0. The number of benzene rings is 1. The molecule has 0 aliphatic carbocycles. The van der Waals surface area contributed by atoms with E-state index in [0.717, 1.165) is 50.8 Å². The van der Waals surface area contributed by atoms with Crippen molar-refractivity contribution in [2.45, 2.75) is 32.9 Å². The standard InChI is InChI=1S/C23H31N7.HI/c1-2-24-23(27-15-8-7-14-26-22-12-5-6-13-25-22)28-18-20-10-3-4-11-21(20)19-30-17-9-16-29-30;/h3-6,9-13,16-17H,2,7-8,14-15,18-19H2,1H3,(H,25,26)(H2,24,27,28);1H. The molecule has 3 aromatic rings. The molecule has 0 aliphatic heterocycles. The van der Waals surface area contributed by atoms with Crippen molar-refractivity contribution in [3.05, 3.63) is 78.2 Å². The van der Waals surface area contributed by atoms with Crippen molar-refractivity contribution in [3.63, 3.8) is 0 Å². The summed E-state index contributed by atoms with van der Waals surface area (Å²) in [6.45, 7) is 6.10. The van der Waals surface area contributed by atoms with E-state index in [1.54, 1.807) is 12.4 Å². The van der Waals surface area contributed by atoms with E-state index in [1.165, 1.54) is 11.1 Å². The minimum Gasteiger partial charge on any atom is -0.370 e. The molecule has 8 heteroatoms. The summed E-state index contributed by atoms with van der Waals surface area (Å²) in [5.41, 5.74) is 2.45. The first-order valence-electron chi connectivity index (χ1n) is 10.6. The van der Waals surface area contributed by atoms with Crippen molar-refractivity contribution in [2.75, 3.05) is 25.0 Å². The number of aliphatic imine (C=N–C) groups is 1. The lowest BCUT2D eigenvalue weighted by atomic mass is 10.1. The summed E-state index contributed by atoms with van der Waals surface area (Å²) < 4.78 is 1.94. The third-order valence-corrected chi connectivity index (χ3v) is 4.63. The Morgan fingerprint density at radius 1 is 0.935 bits per heavy atom. The van der Waals surface area contributed by atoms with E-state index in [9.17, 15) is 0 Å². The zero-order chi connectivity index (χ0) is 20.9. The van der Waals surface area contributed by atoms with Gasteiger partial charge in [-0.2, -0.15) is 5.10 Å². The van der Waals surface area contributed by atoms with Crippen molar-refractivity contribution >= 4 is 35.8 Å². The predicted molar refractivity (Wildman–Crippen MR) is 138 cm³/mol. The van der Waals surface area contributed by atoms with Gasteiger partial charge in [-0.15, -0.1) is 24.0 Å². The van der Waals surface area contributed by atoms with E-state index in [0.29, 0.717) is 6.54 Å². The second-order valence-electron chi connectivity index (χ2n) is 6.94. The highest BCUT2D eigenvalue weighted by Gasteiger charge is 2.04. The van der Waals surface area contributed by atoms with E-state index in [4.69, 9.17) is 4.99 Å². The number of guanidine groups is 1. The van der Waals surface area contributed by atoms with Gasteiger partial charge < -0.3 is 16.0 Å². The third kappa shape index (κ3) is 8.95. The summed E-state index contributed by atoms with van der Waals surface area (Å²) in [4.78, 5) is 9.05. The maximum atomic E-state index is 4.78. The van der Waals surface area contributed by atoms with Crippen LogP contribution in [0.25, 0.3) is 0 Å². The summed E-state index contributed by atoms with van der Waals surface area (Å²) >= 11 is 0. The molecule has 1 aromatic carbocycles. The molecule has 0 radical (unpaired) electrons. The molecular formula is C23H32IN7. The first-order valence-corrected chi connectivity index (χ1v) is 10.6. The number of aromatic nitrogens is 3. The van der Waals surface area contributed by atoms with E-state index in [-0.39, 0.29) is 24.0 Å². The van der Waals surface area contributed by atoms with Crippen LogP contribution in [0.5, 0.6) is 0 Å². The molecule has 2 aromatic heterocycles. The highest BCUT2D eigenvalue weighted by molar-refractivity contribution is 14.0. The first kappa shape index (κ1) is 24.6. The van der Waals surface area contributed by atoms with Crippen LogP contribution in [0, 0.1) is 0 Å². The summed E-state index contributed by atoms with van der Waals surface area (Å²) in [5.74, 6) is 1.78. The Hall–Kier alpha value is -2.62. The van der Waals surface area contributed by atoms with Gasteiger partial charge in [0.2, 0.25) is 0 Å². The molecular weight excluding hydrogens is 501 g/mol. The summed E-state index contributed by atoms with van der Waals surface area (Å²) in [6.07, 6.45) is 7.71. The van der Waals surface area contributed by atoms with Crippen molar-refractivity contribution < 1.29 is 0 Å². The Morgan fingerprint density at radius 2 is 1.74 bits per heavy atom. The van der Waals surface area contributed by atoms with Gasteiger partial charge in [-0.25, -0.2) is 9.98 Å². The number of unbranched alkanes of at least 4 members (excludes halogenated alkanes) is 1. The second-order valence-corrected chi connectivity index (χ2v) is 6.94. The minimum atomic E-state index is 0. The molecule has 0 spiro atoms. The van der Waals surface area contributed by atoms with Crippen LogP contribution in [-0.4, -0.2) is 40.4 Å². The van der Waals surface area contributed by atoms with Gasteiger partial charge in [-0.3, -0.25) is 4.68 Å². The molecule has 3 N–H and O–H groups in total. The fourth-order valence-electron chi connectivity index (χ4n) is 3.08. The van der Waals surface area contributed by atoms with Gasteiger partial charge in [0.05, 0.1) is 13.1 Å². The summed E-state index contributed by atoms with van der Waals surface area (Å²) in [7, 11) is 0. The molecule has 31 heavy (non-hydrogen) atoms.